The minimum Gasteiger partial charge on any atom is -0.378 e. The van der Waals surface area contributed by atoms with Gasteiger partial charge < -0.3 is 15.0 Å². The van der Waals surface area contributed by atoms with Crippen molar-refractivity contribution in [2.45, 2.75) is 6.42 Å². The minimum absolute atomic E-state index is 0.0337. The largest absolute Gasteiger partial charge is 0.378 e. The molecule has 0 unspecified atom stereocenters. The number of carbonyl (C=O) groups excluding carboxylic acids is 1. The quantitative estimate of drug-likeness (QED) is 0.743. The number of ether oxygens (including phenoxy) is 1. The van der Waals surface area contributed by atoms with Crippen molar-refractivity contribution in [1.29, 1.82) is 0 Å². The molecule has 1 N–H and O–H groups in total. The molecule has 0 bridgehead atoms. The first kappa shape index (κ1) is 18.1. The van der Waals surface area contributed by atoms with Crippen molar-refractivity contribution in [3.8, 4) is 11.3 Å². The van der Waals surface area contributed by atoms with Gasteiger partial charge in [0.15, 0.2) is 5.82 Å². The van der Waals surface area contributed by atoms with E-state index in [1.165, 1.54) is 0 Å². The summed E-state index contributed by atoms with van der Waals surface area (Å²) in [5.74, 6) is 0.838. The summed E-state index contributed by atoms with van der Waals surface area (Å²) in [5.41, 5.74) is 3.52. The Morgan fingerprint density at radius 2 is 1.68 bits per heavy atom. The van der Waals surface area contributed by atoms with Gasteiger partial charge in [0.2, 0.25) is 5.91 Å². The number of anilines is 2. The zero-order valence-corrected chi connectivity index (χ0v) is 15.5. The molecule has 28 heavy (non-hydrogen) atoms. The minimum atomic E-state index is -0.0337. The average molecular weight is 374 g/mol. The lowest BCUT2D eigenvalue weighted by Crippen LogP contribution is -2.36. The van der Waals surface area contributed by atoms with Crippen molar-refractivity contribution in [1.82, 2.24) is 10.2 Å². The first-order valence-electron chi connectivity index (χ1n) is 9.38. The van der Waals surface area contributed by atoms with Crippen molar-refractivity contribution < 1.29 is 9.53 Å². The molecule has 1 amide bonds. The van der Waals surface area contributed by atoms with Crippen molar-refractivity contribution in [2.24, 2.45) is 0 Å². The Bertz CT molecular complexity index is 906. The van der Waals surface area contributed by atoms with E-state index in [4.69, 9.17) is 4.74 Å². The monoisotopic (exact) mass is 374 g/mol. The van der Waals surface area contributed by atoms with Crippen LogP contribution < -0.4 is 10.2 Å². The Balaban J connectivity index is 1.38. The summed E-state index contributed by atoms with van der Waals surface area (Å²) < 4.78 is 5.37. The standard InChI is InChI=1S/C22H22N4O2/c27-22(16-17-4-2-1-3-5-17)23-19-8-6-18(7-9-19)20-10-11-21(25-24-20)26-12-14-28-15-13-26/h1-11H,12-16H2,(H,23,27). The van der Waals surface area contributed by atoms with Crippen molar-refractivity contribution >= 4 is 17.4 Å². The van der Waals surface area contributed by atoms with Gasteiger partial charge in [-0.05, 0) is 29.8 Å². The van der Waals surface area contributed by atoms with Crippen LogP contribution in [0.1, 0.15) is 5.56 Å². The van der Waals surface area contributed by atoms with Crippen molar-refractivity contribution in [3.63, 3.8) is 0 Å². The number of hydrogen-bond acceptors (Lipinski definition) is 5. The third kappa shape index (κ3) is 4.53. The second-order valence-corrected chi connectivity index (χ2v) is 6.66. The Morgan fingerprint density at radius 3 is 2.36 bits per heavy atom. The number of morpholine rings is 1. The predicted octanol–water partition coefficient (Wildman–Crippen LogP) is 3.16. The number of rotatable bonds is 5. The van der Waals surface area contributed by atoms with Crippen LogP contribution in [-0.2, 0) is 16.0 Å². The second-order valence-electron chi connectivity index (χ2n) is 6.66. The molecule has 0 atom stereocenters. The van der Waals surface area contributed by atoms with Gasteiger partial charge in [-0.2, -0.15) is 0 Å². The molecule has 2 heterocycles. The Morgan fingerprint density at radius 1 is 0.929 bits per heavy atom. The summed E-state index contributed by atoms with van der Waals surface area (Å²) in [4.78, 5) is 14.3. The molecule has 1 aliphatic rings. The van der Waals surface area contributed by atoms with Crippen LogP contribution in [0.25, 0.3) is 11.3 Å². The molecule has 1 aliphatic heterocycles. The fourth-order valence-electron chi connectivity index (χ4n) is 3.15. The molecular formula is C22H22N4O2. The van der Waals surface area contributed by atoms with Gasteiger partial charge in [-0.1, -0.05) is 42.5 Å². The first-order valence-corrected chi connectivity index (χ1v) is 9.38. The van der Waals surface area contributed by atoms with Crippen LogP contribution in [0.5, 0.6) is 0 Å². The number of aromatic nitrogens is 2. The van der Waals surface area contributed by atoms with Gasteiger partial charge in [0.25, 0.3) is 0 Å². The highest BCUT2D eigenvalue weighted by Crippen LogP contribution is 2.21. The van der Waals surface area contributed by atoms with Crippen molar-refractivity contribution in [2.75, 3.05) is 36.5 Å². The highest BCUT2D eigenvalue weighted by atomic mass is 16.5. The number of amides is 1. The van der Waals surface area contributed by atoms with Gasteiger partial charge in [-0.3, -0.25) is 4.79 Å². The molecule has 1 saturated heterocycles. The third-order valence-electron chi connectivity index (χ3n) is 4.66. The molecule has 6 nitrogen and oxygen atoms in total. The van der Waals surface area contributed by atoms with E-state index in [-0.39, 0.29) is 5.91 Å². The lowest BCUT2D eigenvalue weighted by Gasteiger charge is -2.27. The first-order chi connectivity index (χ1) is 13.8. The van der Waals surface area contributed by atoms with Gasteiger partial charge in [-0.15, -0.1) is 10.2 Å². The molecule has 2 aromatic carbocycles. The fourth-order valence-corrected chi connectivity index (χ4v) is 3.15. The summed E-state index contributed by atoms with van der Waals surface area (Å²) in [5, 5.41) is 11.6. The van der Waals surface area contributed by atoms with E-state index < -0.39 is 0 Å². The predicted molar refractivity (Wildman–Crippen MR) is 109 cm³/mol. The van der Waals surface area contributed by atoms with Crippen LogP contribution in [-0.4, -0.2) is 42.4 Å². The lowest BCUT2D eigenvalue weighted by atomic mass is 10.1. The maximum Gasteiger partial charge on any atom is 0.228 e. The summed E-state index contributed by atoms with van der Waals surface area (Å²) in [6.07, 6.45) is 0.358. The van der Waals surface area contributed by atoms with Gasteiger partial charge in [-0.25, -0.2) is 0 Å². The van der Waals surface area contributed by atoms with Gasteiger partial charge in [0.1, 0.15) is 0 Å². The lowest BCUT2D eigenvalue weighted by molar-refractivity contribution is -0.115. The van der Waals surface area contributed by atoms with E-state index in [1.807, 2.05) is 66.7 Å². The number of carbonyl (C=O) groups is 1. The molecule has 0 aliphatic carbocycles. The smallest absolute Gasteiger partial charge is 0.228 e. The fraction of sp³-hybridized carbons (Fsp3) is 0.227. The maximum absolute atomic E-state index is 12.2. The topological polar surface area (TPSA) is 67.4 Å². The second kappa shape index (κ2) is 8.63. The van der Waals surface area contributed by atoms with Crippen LogP contribution >= 0.6 is 0 Å². The molecule has 3 aromatic rings. The number of nitrogens with zero attached hydrogens (tertiary/aromatic N) is 3. The van der Waals surface area contributed by atoms with Gasteiger partial charge >= 0.3 is 0 Å². The highest BCUT2D eigenvalue weighted by molar-refractivity contribution is 5.92. The van der Waals surface area contributed by atoms with Crippen LogP contribution in [0, 0.1) is 0 Å². The summed E-state index contributed by atoms with van der Waals surface area (Å²) in [6.45, 7) is 3.12. The highest BCUT2D eigenvalue weighted by Gasteiger charge is 2.13. The zero-order valence-electron chi connectivity index (χ0n) is 15.5. The normalized spacial score (nSPS) is 13.9. The molecule has 0 saturated carbocycles. The molecular weight excluding hydrogens is 352 g/mol. The molecule has 1 aromatic heterocycles. The van der Waals surface area contributed by atoms with E-state index in [1.54, 1.807) is 0 Å². The maximum atomic E-state index is 12.2. The van der Waals surface area contributed by atoms with E-state index in [2.05, 4.69) is 20.4 Å². The number of hydrogen-bond donors (Lipinski definition) is 1. The Kier molecular flexibility index (Phi) is 5.58. The Labute approximate surface area is 164 Å². The summed E-state index contributed by atoms with van der Waals surface area (Å²) >= 11 is 0. The molecule has 6 heteroatoms. The summed E-state index contributed by atoms with van der Waals surface area (Å²) in [6, 6.07) is 21.3. The zero-order chi connectivity index (χ0) is 19.2. The number of nitrogens with one attached hydrogen (secondary N) is 1. The third-order valence-corrected chi connectivity index (χ3v) is 4.66. The van der Waals surface area contributed by atoms with Crippen LogP contribution in [0.2, 0.25) is 0 Å². The SMILES string of the molecule is O=C(Cc1ccccc1)Nc1ccc(-c2ccc(N3CCOCC3)nn2)cc1. The molecule has 0 radical (unpaired) electrons. The van der Waals surface area contributed by atoms with E-state index >= 15 is 0 Å². The van der Waals surface area contributed by atoms with Gasteiger partial charge in [0, 0.05) is 24.3 Å². The van der Waals surface area contributed by atoms with E-state index in [0.717, 1.165) is 54.6 Å². The van der Waals surface area contributed by atoms with Crippen molar-refractivity contribution in [3.05, 3.63) is 72.3 Å². The molecule has 0 spiro atoms. The molecule has 142 valence electrons. The van der Waals surface area contributed by atoms with Crippen LogP contribution in [0.3, 0.4) is 0 Å². The van der Waals surface area contributed by atoms with E-state index in [9.17, 15) is 4.79 Å². The Hall–Kier alpha value is -3.25. The van der Waals surface area contributed by atoms with Gasteiger partial charge in [0.05, 0.1) is 25.3 Å². The average Bonchev–Trinajstić information content (AvgIpc) is 2.76. The van der Waals surface area contributed by atoms with Crippen LogP contribution in [0.4, 0.5) is 11.5 Å². The number of benzene rings is 2. The molecule has 4 rings (SSSR count). The van der Waals surface area contributed by atoms with E-state index in [0.29, 0.717) is 6.42 Å². The summed E-state index contributed by atoms with van der Waals surface area (Å²) in [7, 11) is 0. The molecule has 1 fully saturated rings. The van der Waals surface area contributed by atoms with Crippen LogP contribution in [0.15, 0.2) is 66.7 Å².